The van der Waals surface area contributed by atoms with Gasteiger partial charge in [-0.25, -0.2) is 4.39 Å². The molecule has 0 unspecified atom stereocenters. The minimum Gasteiger partial charge on any atom is -0.357 e. The van der Waals surface area contributed by atoms with Gasteiger partial charge in [0.25, 0.3) is 0 Å². The number of fused-ring (bicyclic) bond motifs is 1. The van der Waals surface area contributed by atoms with Gasteiger partial charge in [0.2, 0.25) is 0 Å². The Balaban J connectivity index is 1.62. The average molecular weight is 336 g/mol. The lowest BCUT2D eigenvalue weighted by atomic mass is 9.97. The van der Waals surface area contributed by atoms with Crippen LogP contribution in [0, 0.1) is 19.7 Å². The van der Waals surface area contributed by atoms with Gasteiger partial charge in [0.1, 0.15) is 5.82 Å². The summed E-state index contributed by atoms with van der Waals surface area (Å²) in [5.74, 6) is -0.173. The zero-order chi connectivity index (χ0) is 17.4. The maximum Gasteiger partial charge on any atom is 0.123 e. The van der Waals surface area contributed by atoms with Crippen molar-refractivity contribution in [3.05, 3.63) is 70.7 Å². The van der Waals surface area contributed by atoms with E-state index in [4.69, 9.17) is 0 Å². The molecule has 2 nitrogen and oxygen atoms in total. The molecule has 1 N–H and O–H groups in total. The van der Waals surface area contributed by atoms with Crippen molar-refractivity contribution in [3.8, 4) is 0 Å². The molecule has 1 aliphatic rings. The van der Waals surface area contributed by atoms with Crippen LogP contribution < -0.4 is 0 Å². The first kappa shape index (κ1) is 16.3. The molecule has 1 saturated heterocycles. The van der Waals surface area contributed by atoms with Crippen molar-refractivity contribution < 1.29 is 4.39 Å². The van der Waals surface area contributed by atoms with Crippen molar-refractivity contribution in [2.45, 2.75) is 45.7 Å². The van der Waals surface area contributed by atoms with Gasteiger partial charge in [-0.1, -0.05) is 24.6 Å². The number of halogens is 1. The Bertz CT molecular complexity index is 896. The third kappa shape index (κ3) is 3.34. The quantitative estimate of drug-likeness (QED) is 0.655. The minimum atomic E-state index is -0.173. The Hall–Kier alpha value is -2.13. The number of H-pyrrole nitrogens is 1. The number of aryl methyl sites for hydroxylation is 2. The van der Waals surface area contributed by atoms with Crippen LogP contribution in [0.15, 0.2) is 42.5 Å². The molecule has 2 aromatic carbocycles. The normalized spacial score (nSPS) is 18.8. The van der Waals surface area contributed by atoms with E-state index in [9.17, 15) is 4.39 Å². The number of piperidine rings is 1. The highest BCUT2D eigenvalue weighted by Crippen LogP contribution is 2.33. The number of likely N-dealkylation sites (tertiary alicyclic amines) is 1. The predicted octanol–water partition coefficient (Wildman–Crippen LogP) is 5.65. The van der Waals surface area contributed by atoms with Gasteiger partial charge >= 0.3 is 0 Å². The molecule has 1 fully saturated rings. The molecule has 0 radical (unpaired) electrons. The van der Waals surface area contributed by atoms with Crippen molar-refractivity contribution in [2.24, 2.45) is 0 Å². The van der Waals surface area contributed by atoms with Crippen molar-refractivity contribution in [1.82, 2.24) is 9.88 Å². The topological polar surface area (TPSA) is 19.0 Å². The van der Waals surface area contributed by atoms with E-state index in [1.54, 1.807) is 6.07 Å². The second kappa shape index (κ2) is 6.64. The van der Waals surface area contributed by atoms with Gasteiger partial charge in [0.15, 0.2) is 0 Å². The van der Waals surface area contributed by atoms with Crippen LogP contribution in [0.2, 0.25) is 0 Å². The summed E-state index contributed by atoms with van der Waals surface area (Å²) in [5.41, 5.74) is 6.30. The fraction of sp³-hybridized carbons (Fsp3) is 0.364. The van der Waals surface area contributed by atoms with Gasteiger partial charge in [-0.2, -0.15) is 0 Å². The van der Waals surface area contributed by atoms with Gasteiger partial charge < -0.3 is 4.98 Å². The largest absolute Gasteiger partial charge is 0.357 e. The Morgan fingerprint density at radius 2 is 1.92 bits per heavy atom. The highest BCUT2D eigenvalue weighted by Gasteiger charge is 2.25. The molecule has 4 rings (SSSR count). The van der Waals surface area contributed by atoms with E-state index in [1.807, 2.05) is 6.07 Å². The molecule has 2 heterocycles. The maximum absolute atomic E-state index is 13.5. The first-order valence-electron chi connectivity index (χ1n) is 9.18. The van der Waals surface area contributed by atoms with Gasteiger partial charge in [0.05, 0.1) is 6.04 Å². The van der Waals surface area contributed by atoms with Crippen molar-refractivity contribution in [2.75, 3.05) is 6.54 Å². The SMILES string of the molecule is Cc1ccc(CN2CCCC[C@@H]2c2cc3cc(F)ccc3[nH]2)cc1C. The third-order valence-corrected chi connectivity index (χ3v) is 5.53. The Morgan fingerprint density at radius 1 is 1.04 bits per heavy atom. The summed E-state index contributed by atoms with van der Waals surface area (Å²) in [6.45, 7) is 6.42. The third-order valence-electron chi connectivity index (χ3n) is 5.53. The molecule has 0 amide bonds. The Labute approximate surface area is 148 Å². The molecular formula is C22H25FN2. The summed E-state index contributed by atoms with van der Waals surface area (Å²) < 4.78 is 13.5. The van der Waals surface area contributed by atoms with Gasteiger partial charge in [-0.3, -0.25) is 4.90 Å². The van der Waals surface area contributed by atoms with Crippen LogP contribution in [-0.2, 0) is 6.54 Å². The Morgan fingerprint density at radius 3 is 2.76 bits per heavy atom. The molecule has 1 atom stereocenters. The number of nitrogens with zero attached hydrogens (tertiary/aromatic N) is 1. The molecule has 25 heavy (non-hydrogen) atoms. The number of nitrogens with one attached hydrogen (secondary N) is 1. The van der Waals surface area contributed by atoms with Crippen molar-refractivity contribution >= 4 is 10.9 Å². The van der Waals surface area contributed by atoms with Crippen molar-refractivity contribution in [3.63, 3.8) is 0 Å². The number of hydrogen-bond donors (Lipinski definition) is 1. The lowest BCUT2D eigenvalue weighted by Gasteiger charge is -2.35. The highest BCUT2D eigenvalue weighted by molar-refractivity contribution is 5.80. The van der Waals surface area contributed by atoms with E-state index in [1.165, 1.54) is 41.3 Å². The number of aromatic amines is 1. The van der Waals surface area contributed by atoms with Crippen LogP contribution in [0.25, 0.3) is 10.9 Å². The smallest absolute Gasteiger partial charge is 0.123 e. The van der Waals surface area contributed by atoms with Crippen LogP contribution >= 0.6 is 0 Å². The monoisotopic (exact) mass is 336 g/mol. The van der Waals surface area contributed by atoms with Crippen LogP contribution in [0.1, 0.15) is 47.7 Å². The predicted molar refractivity (Wildman–Crippen MR) is 101 cm³/mol. The maximum atomic E-state index is 13.5. The van der Waals surface area contributed by atoms with Gasteiger partial charge in [0, 0.05) is 23.1 Å². The molecule has 0 spiro atoms. The summed E-state index contributed by atoms with van der Waals surface area (Å²) in [4.78, 5) is 6.08. The first-order valence-corrected chi connectivity index (χ1v) is 9.18. The zero-order valence-corrected chi connectivity index (χ0v) is 15.0. The lowest BCUT2D eigenvalue weighted by Crippen LogP contribution is -2.33. The molecule has 130 valence electrons. The van der Waals surface area contributed by atoms with Gasteiger partial charge in [-0.15, -0.1) is 0 Å². The summed E-state index contributed by atoms with van der Waals surface area (Å²) in [6, 6.07) is 14.3. The molecule has 3 heteroatoms. The molecular weight excluding hydrogens is 311 g/mol. The number of aromatic nitrogens is 1. The molecule has 0 saturated carbocycles. The molecule has 1 aromatic heterocycles. The van der Waals surface area contributed by atoms with E-state index in [-0.39, 0.29) is 5.82 Å². The fourth-order valence-corrected chi connectivity index (χ4v) is 3.97. The minimum absolute atomic E-state index is 0.173. The van der Waals surface area contributed by atoms with Crippen LogP contribution in [0.4, 0.5) is 4.39 Å². The zero-order valence-electron chi connectivity index (χ0n) is 15.0. The highest BCUT2D eigenvalue weighted by atomic mass is 19.1. The second-order valence-electron chi connectivity index (χ2n) is 7.36. The summed E-state index contributed by atoms with van der Waals surface area (Å²) >= 11 is 0. The summed E-state index contributed by atoms with van der Waals surface area (Å²) in [5, 5.41) is 0.965. The number of hydrogen-bond acceptors (Lipinski definition) is 1. The molecule has 0 aliphatic carbocycles. The standard InChI is InChI=1S/C22H25FN2/c1-15-6-7-17(11-16(15)2)14-25-10-4-3-5-22(25)21-13-18-12-19(23)8-9-20(18)24-21/h6-9,11-13,22,24H,3-5,10,14H2,1-2H3/t22-/m1/s1. The number of rotatable bonds is 3. The number of benzene rings is 2. The van der Waals surface area contributed by atoms with Crippen molar-refractivity contribution in [1.29, 1.82) is 0 Å². The lowest BCUT2D eigenvalue weighted by molar-refractivity contribution is 0.138. The van der Waals surface area contributed by atoms with E-state index in [2.05, 4.69) is 48.0 Å². The van der Waals surface area contributed by atoms with Gasteiger partial charge in [-0.05, 0) is 74.2 Å². The van der Waals surface area contributed by atoms with Crippen LogP contribution in [0.5, 0.6) is 0 Å². The summed E-state index contributed by atoms with van der Waals surface area (Å²) in [6.07, 6.45) is 3.65. The summed E-state index contributed by atoms with van der Waals surface area (Å²) in [7, 11) is 0. The molecule has 0 bridgehead atoms. The van der Waals surface area contributed by atoms with E-state index < -0.39 is 0 Å². The van der Waals surface area contributed by atoms with E-state index in [0.29, 0.717) is 6.04 Å². The fourth-order valence-electron chi connectivity index (χ4n) is 3.97. The molecule has 3 aromatic rings. The molecule has 1 aliphatic heterocycles. The van der Waals surface area contributed by atoms with Crippen LogP contribution in [-0.4, -0.2) is 16.4 Å². The van der Waals surface area contributed by atoms with Crippen LogP contribution in [0.3, 0.4) is 0 Å². The van der Waals surface area contributed by atoms with E-state index in [0.717, 1.165) is 30.4 Å². The second-order valence-corrected chi connectivity index (χ2v) is 7.36. The van der Waals surface area contributed by atoms with E-state index >= 15 is 0 Å². The first-order chi connectivity index (χ1) is 12.1. The average Bonchev–Trinajstić information content (AvgIpc) is 3.01. The Kier molecular flexibility index (Phi) is 4.34.